The van der Waals surface area contributed by atoms with Gasteiger partial charge < -0.3 is 9.84 Å². The minimum Gasteiger partial charge on any atom is -0.361 e. The second kappa shape index (κ2) is 5.52. The van der Waals surface area contributed by atoms with E-state index in [-0.39, 0.29) is 12.3 Å². The Hall–Kier alpha value is -1.69. The van der Waals surface area contributed by atoms with Gasteiger partial charge in [0.05, 0.1) is 17.8 Å². The first-order chi connectivity index (χ1) is 9.01. The Kier molecular flexibility index (Phi) is 3.99. The minimum absolute atomic E-state index is 0.0918. The van der Waals surface area contributed by atoms with Crippen molar-refractivity contribution in [3.8, 4) is 0 Å². The van der Waals surface area contributed by atoms with Crippen LogP contribution in [-0.2, 0) is 17.6 Å². The average molecular weight is 279 g/mol. The fourth-order valence-electron chi connectivity index (χ4n) is 1.89. The van der Waals surface area contributed by atoms with Crippen LogP contribution >= 0.6 is 11.3 Å². The summed E-state index contributed by atoms with van der Waals surface area (Å²) >= 11 is 1.51. The third-order valence-corrected chi connectivity index (χ3v) is 3.92. The Morgan fingerprint density at radius 2 is 2.11 bits per heavy atom. The van der Waals surface area contributed by atoms with Crippen LogP contribution < -0.4 is 5.32 Å². The number of anilines is 1. The lowest BCUT2D eigenvalue weighted by Gasteiger charge is -2.01. The molecule has 5 nitrogen and oxygen atoms in total. The summed E-state index contributed by atoms with van der Waals surface area (Å²) in [5.74, 6) is 0.600. The van der Waals surface area contributed by atoms with E-state index in [0.717, 1.165) is 28.2 Å². The van der Waals surface area contributed by atoms with Gasteiger partial charge in [0.15, 0.2) is 5.13 Å². The zero-order valence-electron chi connectivity index (χ0n) is 11.5. The minimum atomic E-state index is -0.0918. The Bertz CT molecular complexity index is 582. The average Bonchev–Trinajstić information content (AvgIpc) is 2.86. The highest BCUT2D eigenvalue weighted by atomic mass is 32.1. The number of aryl methyl sites for hydroxylation is 4. The van der Waals surface area contributed by atoms with Crippen LogP contribution in [0.3, 0.4) is 0 Å². The van der Waals surface area contributed by atoms with E-state index in [2.05, 4.69) is 22.4 Å². The molecule has 2 aromatic rings. The summed E-state index contributed by atoms with van der Waals surface area (Å²) in [6, 6.07) is 0. The van der Waals surface area contributed by atoms with Gasteiger partial charge in [-0.3, -0.25) is 4.79 Å². The summed E-state index contributed by atoms with van der Waals surface area (Å²) in [7, 11) is 0. The molecule has 0 saturated carbocycles. The normalized spacial score (nSPS) is 10.7. The molecule has 2 aromatic heterocycles. The van der Waals surface area contributed by atoms with Gasteiger partial charge in [-0.25, -0.2) is 4.98 Å². The van der Waals surface area contributed by atoms with Gasteiger partial charge in [-0.15, -0.1) is 11.3 Å². The molecular formula is C13H17N3O2S. The van der Waals surface area contributed by atoms with Crippen molar-refractivity contribution in [2.45, 2.75) is 40.5 Å². The van der Waals surface area contributed by atoms with E-state index in [0.29, 0.717) is 10.9 Å². The molecule has 102 valence electrons. The number of nitrogens with one attached hydrogen (secondary N) is 1. The van der Waals surface area contributed by atoms with Crippen molar-refractivity contribution in [2.75, 3.05) is 5.32 Å². The van der Waals surface area contributed by atoms with Crippen molar-refractivity contribution in [2.24, 2.45) is 0 Å². The molecule has 0 aliphatic heterocycles. The van der Waals surface area contributed by atoms with E-state index in [1.54, 1.807) is 0 Å². The van der Waals surface area contributed by atoms with Gasteiger partial charge in [-0.1, -0.05) is 12.1 Å². The van der Waals surface area contributed by atoms with Gasteiger partial charge in [0.1, 0.15) is 5.76 Å². The third-order valence-electron chi connectivity index (χ3n) is 2.99. The van der Waals surface area contributed by atoms with Crippen molar-refractivity contribution in [1.82, 2.24) is 10.1 Å². The topological polar surface area (TPSA) is 68.0 Å². The highest BCUT2D eigenvalue weighted by molar-refractivity contribution is 7.15. The lowest BCUT2D eigenvalue weighted by Crippen LogP contribution is -2.15. The number of amides is 1. The van der Waals surface area contributed by atoms with Crippen LogP contribution in [0, 0.1) is 20.8 Å². The monoisotopic (exact) mass is 279 g/mol. The number of hydrogen-bond donors (Lipinski definition) is 1. The summed E-state index contributed by atoms with van der Waals surface area (Å²) < 4.78 is 5.04. The molecule has 0 aliphatic rings. The molecule has 0 unspecified atom stereocenters. The number of rotatable bonds is 4. The van der Waals surface area contributed by atoms with Crippen LogP contribution in [-0.4, -0.2) is 16.0 Å². The predicted octanol–water partition coefficient (Wildman–Crippen LogP) is 2.80. The summed E-state index contributed by atoms with van der Waals surface area (Å²) in [5, 5.41) is 7.33. The first kappa shape index (κ1) is 13.7. The lowest BCUT2D eigenvalue weighted by molar-refractivity contribution is -0.115. The molecule has 2 heterocycles. The molecule has 0 fully saturated rings. The van der Waals surface area contributed by atoms with E-state index < -0.39 is 0 Å². The zero-order valence-corrected chi connectivity index (χ0v) is 12.3. The van der Waals surface area contributed by atoms with Crippen molar-refractivity contribution in [1.29, 1.82) is 0 Å². The van der Waals surface area contributed by atoms with Gasteiger partial charge in [-0.2, -0.15) is 0 Å². The van der Waals surface area contributed by atoms with E-state index in [4.69, 9.17) is 4.52 Å². The molecule has 1 amide bonds. The number of thiazole rings is 1. The van der Waals surface area contributed by atoms with Crippen LogP contribution in [0.25, 0.3) is 0 Å². The first-order valence-electron chi connectivity index (χ1n) is 6.19. The van der Waals surface area contributed by atoms with Gasteiger partial charge in [0.25, 0.3) is 0 Å². The fourth-order valence-corrected chi connectivity index (χ4v) is 2.81. The molecule has 0 saturated heterocycles. The van der Waals surface area contributed by atoms with Crippen LogP contribution in [0.2, 0.25) is 0 Å². The van der Waals surface area contributed by atoms with Gasteiger partial charge >= 0.3 is 0 Å². The maximum absolute atomic E-state index is 12.0. The van der Waals surface area contributed by atoms with E-state index in [9.17, 15) is 4.79 Å². The quantitative estimate of drug-likeness (QED) is 0.934. The van der Waals surface area contributed by atoms with Gasteiger partial charge in [0, 0.05) is 10.4 Å². The maximum Gasteiger partial charge on any atom is 0.230 e. The Labute approximate surface area is 116 Å². The smallest absolute Gasteiger partial charge is 0.230 e. The molecular weight excluding hydrogens is 262 g/mol. The number of carbonyl (C=O) groups excluding carboxylic acids is 1. The molecule has 6 heteroatoms. The number of aromatic nitrogens is 2. The van der Waals surface area contributed by atoms with E-state index in [1.165, 1.54) is 11.3 Å². The lowest BCUT2D eigenvalue weighted by atomic mass is 10.1. The summed E-state index contributed by atoms with van der Waals surface area (Å²) in [6.07, 6.45) is 1.14. The van der Waals surface area contributed by atoms with Crippen LogP contribution in [0.5, 0.6) is 0 Å². The van der Waals surface area contributed by atoms with Crippen LogP contribution in [0.1, 0.15) is 34.5 Å². The van der Waals surface area contributed by atoms with E-state index in [1.807, 2.05) is 20.8 Å². The largest absolute Gasteiger partial charge is 0.361 e. The Morgan fingerprint density at radius 1 is 1.37 bits per heavy atom. The van der Waals surface area contributed by atoms with Gasteiger partial charge in [-0.05, 0) is 27.2 Å². The Morgan fingerprint density at radius 3 is 2.63 bits per heavy atom. The van der Waals surface area contributed by atoms with Crippen molar-refractivity contribution < 1.29 is 9.32 Å². The number of nitrogens with zero attached hydrogens (tertiary/aromatic N) is 2. The second-order valence-electron chi connectivity index (χ2n) is 4.40. The molecule has 0 aliphatic carbocycles. The summed E-state index contributed by atoms with van der Waals surface area (Å²) in [4.78, 5) is 17.5. The summed E-state index contributed by atoms with van der Waals surface area (Å²) in [5.41, 5.74) is 2.65. The molecule has 0 aromatic carbocycles. The molecule has 2 rings (SSSR count). The summed E-state index contributed by atoms with van der Waals surface area (Å²) in [6.45, 7) is 7.71. The molecule has 19 heavy (non-hydrogen) atoms. The second-order valence-corrected chi connectivity index (χ2v) is 5.61. The molecule has 0 radical (unpaired) electrons. The highest BCUT2D eigenvalue weighted by Gasteiger charge is 2.15. The number of hydrogen-bond acceptors (Lipinski definition) is 5. The SMILES string of the molecule is CCc1nc(NC(=O)Cc2c(C)noc2C)sc1C. The molecule has 0 atom stereocenters. The standard InChI is InChI=1S/C13H17N3O2S/c1-5-11-9(4)19-13(14-11)15-12(17)6-10-7(2)16-18-8(10)3/h5-6H2,1-4H3,(H,14,15,17). The van der Waals surface area contributed by atoms with Gasteiger partial charge in [0.2, 0.25) is 5.91 Å². The third kappa shape index (κ3) is 3.01. The zero-order chi connectivity index (χ0) is 14.0. The van der Waals surface area contributed by atoms with Crippen molar-refractivity contribution >= 4 is 22.4 Å². The number of carbonyl (C=O) groups is 1. The molecule has 1 N–H and O–H groups in total. The van der Waals surface area contributed by atoms with E-state index >= 15 is 0 Å². The maximum atomic E-state index is 12.0. The predicted molar refractivity (Wildman–Crippen MR) is 74.5 cm³/mol. The highest BCUT2D eigenvalue weighted by Crippen LogP contribution is 2.22. The Balaban J connectivity index is 2.05. The molecule has 0 spiro atoms. The van der Waals surface area contributed by atoms with Crippen LogP contribution in [0.4, 0.5) is 5.13 Å². The molecule has 0 bridgehead atoms. The van der Waals surface area contributed by atoms with Crippen molar-refractivity contribution in [3.05, 3.63) is 27.6 Å². The van der Waals surface area contributed by atoms with Crippen molar-refractivity contribution in [3.63, 3.8) is 0 Å². The fraction of sp³-hybridized carbons (Fsp3) is 0.462. The van der Waals surface area contributed by atoms with Crippen LogP contribution in [0.15, 0.2) is 4.52 Å². The first-order valence-corrected chi connectivity index (χ1v) is 7.00.